The van der Waals surface area contributed by atoms with Crippen molar-refractivity contribution < 1.29 is 5.11 Å². The van der Waals surface area contributed by atoms with E-state index < -0.39 is 0 Å². The number of pyridine rings is 1. The van der Waals surface area contributed by atoms with Crippen LogP contribution >= 0.6 is 0 Å². The lowest BCUT2D eigenvalue weighted by molar-refractivity contribution is 0.145. The molecular weight excluding hydrogens is 200 g/mol. The zero-order valence-electron chi connectivity index (χ0n) is 10.1. The number of aliphatic hydroxyl groups excluding tert-OH is 1. The van der Waals surface area contributed by atoms with Gasteiger partial charge in [0.2, 0.25) is 0 Å². The Morgan fingerprint density at radius 1 is 1.38 bits per heavy atom. The third-order valence-electron chi connectivity index (χ3n) is 3.19. The average Bonchev–Trinajstić information content (AvgIpc) is 2.30. The van der Waals surface area contributed by atoms with Gasteiger partial charge in [-0.05, 0) is 30.9 Å². The van der Waals surface area contributed by atoms with Crippen molar-refractivity contribution in [3.8, 4) is 0 Å². The number of aliphatic hydroxyl groups is 1. The molecule has 88 valence electrons. The molecule has 16 heavy (non-hydrogen) atoms. The van der Waals surface area contributed by atoms with Gasteiger partial charge in [-0.25, -0.2) is 0 Å². The van der Waals surface area contributed by atoms with Gasteiger partial charge in [0.15, 0.2) is 0 Å². The standard InChI is InChI=1S/C13H20N2O/c1-10(2)13-9-11(3-6-14-13)15-7-4-12(16)5-8-15/h3,6,9-10,12,16H,4-5,7-8H2,1-2H3. The molecule has 0 bridgehead atoms. The molecule has 0 aliphatic carbocycles. The second-order valence-corrected chi connectivity index (χ2v) is 4.81. The Hall–Kier alpha value is -1.09. The van der Waals surface area contributed by atoms with Crippen LogP contribution in [0.1, 0.15) is 38.3 Å². The molecule has 3 heteroatoms. The molecule has 1 aliphatic rings. The van der Waals surface area contributed by atoms with Gasteiger partial charge in [0, 0.05) is 30.7 Å². The highest BCUT2D eigenvalue weighted by Gasteiger charge is 2.17. The van der Waals surface area contributed by atoms with Gasteiger partial charge in [-0.2, -0.15) is 0 Å². The molecule has 3 nitrogen and oxygen atoms in total. The normalized spacial score (nSPS) is 18.1. The predicted molar refractivity (Wildman–Crippen MR) is 65.8 cm³/mol. The van der Waals surface area contributed by atoms with Crippen LogP contribution in [0.25, 0.3) is 0 Å². The summed E-state index contributed by atoms with van der Waals surface area (Å²) < 4.78 is 0. The molecule has 1 aromatic rings. The first-order valence-corrected chi connectivity index (χ1v) is 6.06. The highest BCUT2D eigenvalue weighted by molar-refractivity contribution is 5.47. The second kappa shape index (κ2) is 4.83. The third-order valence-corrected chi connectivity index (χ3v) is 3.19. The largest absolute Gasteiger partial charge is 0.393 e. The van der Waals surface area contributed by atoms with E-state index in [-0.39, 0.29) is 6.10 Å². The van der Waals surface area contributed by atoms with E-state index in [2.05, 4.69) is 35.9 Å². The quantitative estimate of drug-likeness (QED) is 0.829. The number of rotatable bonds is 2. The number of anilines is 1. The SMILES string of the molecule is CC(C)c1cc(N2CCC(O)CC2)ccn1. The smallest absolute Gasteiger partial charge is 0.0574 e. The van der Waals surface area contributed by atoms with Crippen LogP contribution in [0.2, 0.25) is 0 Å². The summed E-state index contributed by atoms with van der Waals surface area (Å²) >= 11 is 0. The average molecular weight is 220 g/mol. The van der Waals surface area contributed by atoms with Gasteiger partial charge < -0.3 is 10.0 Å². The highest BCUT2D eigenvalue weighted by atomic mass is 16.3. The minimum atomic E-state index is -0.109. The van der Waals surface area contributed by atoms with Crippen LogP contribution in [-0.4, -0.2) is 29.3 Å². The Balaban J connectivity index is 2.11. The summed E-state index contributed by atoms with van der Waals surface area (Å²) in [5.74, 6) is 0.468. The van der Waals surface area contributed by atoms with E-state index in [0.29, 0.717) is 5.92 Å². The molecule has 1 aromatic heterocycles. The molecule has 1 N–H and O–H groups in total. The monoisotopic (exact) mass is 220 g/mol. The van der Waals surface area contributed by atoms with E-state index >= 15 is 0 Å². The zero-order chi connectivity index (χ0) is 11.5. The molecule has 1 saturated heterocycles. The number of hydrogen-bond donors (Lipinski definition) is 1. The topological polar surface area (TPSA) is 36.4 Å². The number of nitrogens with zero attached hydrogens (tertiary/aromatic N) is 2. The third kappa shape index (κ3) is 2.53. The van der Waals surface area contributed by atoms with E-state index in [1.807, 2.05) is 6.20 Å². The van der Waals surface area contributed by atoms with Gasteiger partial charge in [-0.1, -0.05) is 13.8 Å². The molecular formula is C13H20N2O. The molecule has 0 unspecified atom stereocenters. The second-order valence-electron chi connectivity index (χ2n) is 4.81. The summed E-state index contributed by atoms with van der Waals surface area (Å²) in [7, 11) is 0. The zero-order valence-corrected chi connectivity index (χ0v) is 10.1. The summed E-state index contributed by atoms with van der Waals surface area (Å²) in [6, 6.07) is 4.23. The summed E-state index contributed by atoms with van der Waals surface area (Å²) in [6.07, 6.45) is 3.52. The first-order valence-electron chi connectivity index (χ1n) is 6.06. The van der Waals surface area contributed by atoms with Gasteiger partial charge in [0.05, 0.1) is 6.10 Å². The van der Waals surface area contributed by atoms with Crippen LogP contribution in [0.5, 0.6) is 0 Å². The maximum Gasteiger partial charge on any atom is 0.0574 e. The molecule has 0 spiro atoms. The maximum atomic E-state index is 9.48. The molecule has 0 amide bonds. The molecule has 1 aliphatic heterocycles. The van der Waals surface area contributed by atoms with E-state index in [1.165, 1.54) is 5.69 Å². The van der Waals surface area contributed by atoms with Crippen molar-refractivity contribution in [3.63, 3.8) is 0 Å². The number of aromatic nitrogens is 1. The first-order chi connectivity index (χ1) is 7.66. The van der Waals surface area contributed by atoms with Crippen LogP contribution in [0.15, 0.2) is 18.3 Å². The highest BCUT2D eigenvalue weighted by Crippen LogP contribution is 2.22. The van der Waals surface area contributed by atoms with Gasteiger partial charge in [0.1, 0.15) is 0 Å². The fourth-order valence-electron chi connectivity index (χ4n) is 2.07. The van der Waals surface area contributed by atoms with Crippen LogP contribution in [0.3, 0.4) is 0 Å². The molecule has 0 aromatic carbocycles. The number of piperidine rings is 1. The van der Waals surface area contributed by atoms with Gasteiger partial charge in [-0.15, -0.1) is 0 Å². The Bertz CT molecular complexity index is 344. The molecule has 0 radical (unpaired) electrons. The fraction of sp³-hybridized carbons (Fsp3) is 0.615. The minimum absolute atomic E-state index is 0.109. The molecule has 2 heterocycles. The van der Waals surface area contributed by atoms with Crippen molar-refractivity contribution in [2.75, 3.05) is 18.0 Å². The Kier molecular flexibility index (Phi) is 3.44. The van der Waals surface area contributed by atoms with E-state index in [9.17, 15) is 5.11 Å². The number of hydrogen-bond acceptors (Lipinski definition) is 3. The first kappa shape index (κ1) is 11.4. The van der Waals surface area contributed by atoms with Crippen molar-refractivity contribution in [2.24, 2.45) is 0 Å². The Morgan fingerprint density at radius 2 is 2.06 bits per heavy atom. The lowest BCUT2D eigenvalue weighted by atomic mass is 10.1. The van der Waals surface area contributed by atoms with Crippen LogP contribution < -0.4 is 4.90 Å². The molecule has 0 saturated carbocycles. The van der Waals surface area contributed by atoms with E-state index in [0.717, 1.165) is 31.6 Å². The lowest BCUT2D eigenvalue weighted by Crippen LogP contribution is -2.35. The summed E-state index contributed by atoms with van der Waals surface area (Å²) in [6.45, 7) is 6.21. The van der Waals surface area contributed by atoms with Gasteiger partial charge in [-0.3, -0.25) is 4.98 Å². The van der Waals surface area contributed by atoms with Crippen molar-refractivity contribution in [1.82, 2.24) is 4.98 Å². The minimum Gasteiger partial charge on any atom is -0.393 e. The lowest BCUT2D eigenvalue weighted by Gasteiger charge is -2.31. The maximum absolute atomic E-state index is 9.48. The van der Waals surface area contributed by atoms with Crippen molar-refractivity contribution in [1.29, 1.82) is 0 Å². The summed E-state index contributed by atoms with van der Waals surface area (Å²) in [5, 5.41) is 9.48. The van der Waals surface area contributed by atoms with E-state index in [1.54, 1.807) is 0 Å². The molecule has 0 atom stereocenters. The summed E-state index contributed by atoms with van der Waals surface area (Å²) in [5.41, 5.74) is 2.38. The van der Waals surface area contributed by atoms with Gasteiger partial charge in [0.25, 0.3) is 0 Å². The Morgan fingerprint density at radius 3 is 2.69 bits per heavy atom. The van der Waals surface area contributed by atoms with Crippen molar-refractivity contribution in [2.45, 2.75) is 38.7 Å². The van der Waals surface area contributed by atoms with Crippen LogP contribution in [-0.2, 0) is 0 Å². The van der Waals surface area contributed by atoms with Crippen molar-refractivity contribution in [3.05, 3.63) is 24.0 Å². The molecule has 2 rings (SSSR count). The van der Waals surface area contributed by atoms with Crippen molar-refractivity contribution >= 4 is 5.69 Å². The molecule has 1 fully saturated rings. The fourth-order valence-corrected chi connectivity index (χ4v) is 2.07. The predicted octanol–water partition coefficient (Wildman–Crippen LogP) is 2.17. The Labute approximate surface area is 97.1 Å². The van der Waals surface area contributed by atoms with Gasteiger partial charge >= 0.3 is 0 Å². The van der Waals surface area contributed by atoms with E-state index in [4.69, 9.17) is 0 Å². The van der Waals surface area contributed by atoms with Crippen LogP contribution in [0.4, 0.5) is 5.69 Å². The summed E-state index contributed by atoms with van der Waals surface area (Å²) in [4.78, 5) is 6.71. The van der Waals surface area contributed by atoms with Crippen LogP contribution in [0, 0.1) is 0 Å².